The smallest absolute Gasteiger partial charge is 0.381 e. The van der Waals surface area contributed by atoms with E-state index in [4.69, 9.17) is 5.73 Å². The predicted octanol–water partition coefficient (Wildman–Crippen LogP) is 4.28. The molecule has 1 aromatic heterocycles. The van der Waals surface area contributed by atoms with Gasteiger partial charge in [0.25, 0.3) is 0 Å². The van der Waals surface area contributed by atoms with Gasteiger partial charge in [0.1, 0.15) is 0 Å². The van der Waals surface area contributed by atoms with Gasteiger partial charge in [-0.2, -0.15) is 13.2 Å². The minimum Gasteiger partial charge on any atom is -0.381 e. The molecule has 0 aromatic carbocycles. The highest BCUT2D eigenvalue weighted by atomic mass is 19.4. The van der Waals surface area contributed by atoms with Crippen LogP contribution in [0.1, 0.15) is 50.4 Å². The molecule has 18 heavy (non-hydrogen) atoms. The van der Waals surface area contributed by atoms with Crippen molar-refractivity contribution < 1.29 is 17.6 Å². The molecular formula is C12H18F4N2. The molecule has 1 rings (SSSR count). The standard InChI is InChI=1S/C10H12F4N2.C2H6/c1-4(2)8-6(10(12,13)14)5(3)7(11)9(15)16-8;1-2/h4H,1-3H3,(H2,15,16);1-2H3. The molecule has 0 saturated heterocycles. The molecule has 0 aliphatic rings. The Labute approximate surface area is 104 Å². The Morgan fingerprint density at radius 2 is 1.61 bits per heavy atom. The van der Waals surface area contributed by atoms with E-state index in [0.717, 1.165) is 6.92 Å². The summed E-state index contributed by atoms with van der Waals surface area (Å²) in [4.78, 5) is 3.48. The third-order valence-electron chi connectivity index (χ3n) is 2.26. The molecule has 0 unspecified atom stereocenters. The van der Waals surface area contributed by atoms with Crippen molar-refractivity contribution in [2.75, 3.05) is 5.73 Å². The van der Waals surface area contributed by atoms with Crippen molar-refractivity contribution in [2.45, 2.75) is 46.7 Å². The van der Waals surface area contributed by atoms with E-state index in [1.807, 2.05) is 13.8 Å². The molecule has 1 heterocycles. The Morgan fingerprint density at radius 1 is 1.17 bits per heavy atom. The van der Waals surface area contributed by atoms with Gasteiger partial charge >= 0.3 is 6.18 Å². The van der Waals surface area contributed by atoms with Crippen LogP contribution in [0.2, 0.25) is 0 Å². The van der Waals surface area contributed by atoms with Crippen LogP contribution in [-0.4, -0.2) is 4.98 Å². The van der Waals surface area contributed by atoms with E-state index < -0.39 is 34.9 Å². The SMILES string of the molecule is CC.Cc1c(F)c(N)nc(C(C)C)c1C(F)(F)F. The molecule has 104 valence electrons. The highest BCUT2D eigenvalue weighted by molar-refractivity contribution is 5.44. The largest absolute Gasteiger partial charge is 0.418 e. The lowest BCUT2D eigenvalue weighted by Crippen LogP contribution is -2.17. The first-order chi connectivity index (χ1) is 8.16. The van der Waals surface area contributed by atoms with Crippen LogP contribution in [0, 0.1) is 12.7 Å². The van der Waals surface area contributed by atoms with Crippen molar-refractivity contribution in [3.05, 3.63) is 22.6 Å². The molecule has 6 heteroatoms. The van der Waals surface area contributed by atoms with Gasteiger partial charge in [-0.15, -0.1) is 0 Å². The number of aromatic nitrogens is 1. The zero-order valence-electron chi connectivity index (χ0n) is 11.1. The predicted molar refractivity (Wildman–Crippen MR) is 63.8 cm³/mol. The van der Waals surface area contributed by atoms with Crippen molar-refractivity contribution in [1.82, 2.24) is 4.98 Å². The molecule has 1 aromatic rings. The normalized spacial score (nSPS) is 11.2. The van der Waals surface area contributed by atoms with Gasteiger partial charge < -0.3 is 5.73 Å². The molecule has 2 nitrogen and oxygen atoms in total. The van der Waals surface area contributed by atoms with Gasteiger partial charge in [0.05, 0.1) is 11.3 Å². The maximum absolute atomic E-state index is 13.3. The molecule has 2 N–H and O–H groups in total. The summed E-state index contributed by atoms with van der Waals surface area (Å²) in [6, 6.07) is 0. The van der Waals surface area contributed by atoms with E-state index >= 15 is 0 Å². The number of nitrogen functional groups attached to an aromatic ring is 1. The highest BCUT2D eigenvalue weighted by Crippen LogP contribution is 2.38. The van der Waals surface area contributed by atoms with Crippen molar-refractivity contribution in [3.8, 4) is 0 Å². The summed E-state index contributed by atoms with van der Waals surface area (Å²) in [6.45, 7) is 8.16. The molecule has 0 fully saturated rings. The number of hydrogen-bond donors (Lipinski definition) is 1. The number of rotatable bonds is 1. The molecule has 0 aliphatic carbocycles. The summed E-state index contributed by atoms with van der Waals surface area (Å²) >= 11 is 0. The summed E-state index contributed by atoms with van der Waals surface area (Å²) in [5, 5.41) is 0. The average molecular weight is 266 g/mol. The second-order valence-corrected chi connectivity index (χ2v) is 3.85. The van der Waals surface area contributed by atoms with E-state index in [-0.39, 0.29) is 5.69 Å². The lowest BCUT2D eigenvalue weighted by Gasteiger charge is -2.18. The molecule has 0 saturated carbocycles. The van der Waals surface area contributed by atoms with Gasteiger partial charge in [-0.25, -0.2) is 9.37 Å². The van der Waals surface area contributed by atoms with E-state index in [1.165, 1.54) is 0 Å². The average Bonchev–Trinajstić information content (AvgIpc) is 2.26. The summed E-state index contributed by atoms with van der Waals surface area (Å²) in [5.41, 5.74) is 3.48. The summed E-state index contributed by atoms with van der Waals surface area (Å²) in [5.74, 6) is -2.07. The van der Waals surface area contributed by atoms with Crippen molar-refractivity contribution in [3.63, 3.8) is 0 Å². The topological polar surface area (TPSA) is 38.9 Å². The van der Waals surface area contributed by atoms with Crippen LogP contribution in [0.25, 0.3) is 0 Å². The Hall–Kier alpha value is -1.33. The fraction of sp³-hybridized carbons (Fsp3) is 0.583. The number of alkyl halides is 3. The van der Waals surface area contributed by atoms with Crippen LogP contribution in [0.4, 0.5) is 23.4 Å². The minimum atomic E-state index is -4.62. The molecule has 0 aliphatic heterocycles. The highest BCUT2D eigenvalue weighted by Gasteiger charge is 2.38. The monoisotopic (exact) mass is 266 g/mol. The quantitative estimate of drug-likeness (QED) is 0.770. The zero-order valence-corrected chi connectivity index (χ0v) is 11.1. The van der Waals surface area contributed by atoms with Crippen LogP contribution in [-0.2, 0) is 6.18 Å². The Balaban J connectivity index is 0.00000137. The maximum atomic E-state index is 13.3. The number of pyridine rings is 1. The van der Waals surface area contributed by atoms with E-state index in [9.17, 15) is 17.6 Å². The van der Waals surface area contributed by atoms with E-state index in [0.29, 0.717) is 0 Å². The number of nitrogens with zero attached hydrogens (tertiary/aromatic N) is 1. The number of hydrogen-bond acceptors (Lipinski definition) is 2. The molecular weight excluding hydrogens is 248 g/mol. The van der Waals surface area contributed by atoms with Gasteiger partial charge in [-0.1, -0.05) is 27.7 Å². The van der Waals surface area contributed by atoms with Crippen LogP contribution in [0.15, 0.2) is 0 Å². The lowest BCUT2D eigenvalue weighted by atomic mass is 9.99. The minimum absolute atomic E-state index is 0.219. The third-order valence-corrected chi connectivity index (χ3v) is 2.26. The summed E-state index contributed by atoms with van der Waals surface area (Å²) < 4.78 is 51.5. The van der Waals surface area contributed by atoms with Crippen molar-refractivity contribution in [2.24, 2.45) is 0 Å². The molecule has 0 spiro atoms. The molecule has 0 atom stereocenters. The fourth-order valence-electron chi connectivity index (χ4n) is 1.50. The summed E-state index contributed by atoms with van der Waals surface area (Å²) in [7, 11) is 0. The first-order valence-electron chi connectivity index (χ1n) is 5.69. The number of nitrogens with two attached hydrogens (primary N) is 1. The van der Waals surface area contributed by atoms with E-state index in [1.54, 1.807) is 13.8 Å². The Morgan fingerprint density at radius 3 is 1.94 bits per heavy atom. The molecule has 0 radical (unpaired) electrons. The van der Waals surface area contributed by atoms with Gasteiger partial charge in [-0.05, 0) is 12.8 Å². The molecule has 0 amide bonds. The van der Waals surface area contributed by atoms with Crippen LogP contribution >= 0.6 is 0 Å². The number of anilines is 1. The fourth-order valence-corrected chi connectivity index (χ4v) is 1.50. The van der Waals surface area contributed by atoms with Gasteiger partial charge in [0.15, 0.2) is 11.6 Å². The van der Waals surface area contributed by atoms with Gasteiger partial charge in [-0.3, -0.25) is 0 Å². The zero-order chi connectivity index (χ0) is 14.7. The van der Waals surface area contributed by atoms with Gasteiger partial charge in [0.2, 0.25) is 0 Å². The summed E-state index contributed by atoms with van der Waals surface area (Å²) in [6.07, 6.45) is -4.62. The van der Waals surface area contributed by atoms with Crippen LogP contribution in [0.5, 0.6) is 0 Å². The Bertz CT molecular complexity index is 412. The second-order valence-electron chi connectivity index (χ2n) is 3.85. The van der Waals surface area contributed by atoms with Crippen LogP contribution in [0.3, 0.4) is 0 Å². The molecule has 0 bridgehead atoms. The first kappa shape index (κ1) is 16.7. The third kappa shape index (κ3) is 3.34. The van der Waals surface area contributed by atoms with Crippen LogP contribution < -0.4 is 5.73 Å². The van der Waals surface area contributed by atoms with Crippen molar-refractivity contribution >= 4 is 5.82 Å². The number of halogens is 4. The van der Waals surface area contributed by atoms with Crippen molar-refractivity contribution in [1.29, 1.82) is 0 Å². The Kier molecular flexibility index (Phi) is 5.57. The van der Waals surface area contributed by atoms with Gasteiger partial charge in [0, 0.05) is 5.56 Å². The lowest BCUT2D eigenvalue weighted by molar-refractivity contribution is -0.139. The van der Waals surface area contributed by atoms with E-state index in [2.05, 4.69) is 4.98 Å². The first-order valence-corrected chi connectivity index (χ1v) is 5.69. The second kappa shape index (κ2) is 6.02. The maximum Gasteiger partial charge on any atom is 0.418 e.